The zero-order chi connectivity index (χ0) is 13.7. The highest BCUT2D eigenvalue weighted by molar-refractivity contribution is 5.13. The Bertz CT molecular complexity index is 361. The summed E-state index contributed by atoms with van der Waals surface area (Å²) in [5, 5.41) is 2.56. The first-order valence-corrected chi connectivity index (χ1v) is 7.99. The van der Waals surface area contributed by atoms with E-state index in [1.807, 2.05) is 0 Å². The number of benzene rings is 1. The largest absolute Gasteiger partial charge is 0.340 e. The number of nitrogens with two attached hydrogens (primary N) is 1. The van der Waals surface area contributed by atoms with Crippen LogP contribution in [-0.4, -0.2) is 6.04 Å². The van der Waals surface area contributed by atoms with E-state index in [1.165, 1.54) is 37.7 Å². The molecule has 0 radical (unpaired) electrons. The van der Waals surface area contributed by atoms with Crippen LogP contribution in [0.4, 0.5) is 0 Å². The van der Waals surface area contributed by atoms with Crippen LogP contribution in [0.15, 0.2) is 30.3 Å². The van der Waals surface area contributed by atoms with Crippen molar-refractivity contribution < 1.29 is 5.32 Å². The summed E-state index contributed by atoms with van der Waals surface area (Å²) in [6, 6.07) is 11.7. The third-order valence-corrected chi connectivity index (χ3v) is 5.32. The van der Waals surface area contributed by atoms with E-state index in [4.69, 9.17) is 0 Å². The number of rotatable bonds is 5. The molecule has 0 aliphatic heterocycles. The lowest BCUT2D eigenvalue weighted by Gasteiger charge is -2.38. The minimum absolute atomic E-state index is 0.546. The normalized spacial score (nSPS) is 24.4. The summed E-state index contributed by atoms with van der Waals surface area (Å²) >= 11 is 0. The smallest absolute Gasteiger partial charge is 0.101 e. The van der Waals surface area contributed by atoms with Crippen LogP contribution in [0.5, 0.6) is 0 Å². The zero-order valence-electron chi connectivity index (χ0n) is 12.9. The third-order valence-electron chi connectivity index (χ3n) is 5.32. The van der Waals surface area contributed by atoms with Crippen LogP contribution in [0.25, 0.3) is 0 Å². The van der Waals surface area contributed by atoms with Gasteiger partial charge in [-0.1, -0.05) is 57.5 Å². The molecule has 1 fully saturated rings. The van der Waals surface area contributed by atoms with Crippen LogP contribution in [-0.2, 0) is 6.54 Å². The Balaban J connectivity index is 1.75. The summed E-state index contributed by atoms with van der Waals surface area (Å²) in [6.07, 6.45) is 6.98. The second kappa shape index (κ2) is 6.56. The van der Waals surface area contributed by atoms with E-state index in [1.54, 1.807) is 0 Å². The summed E-state index contributed by atoms with van der Waals surface area (Å²) < 4.78 is 0. The van der Waals surface area contributed by atoms with Gasteiger partial charge < -0.3 is 5.32 Å². The van der Waals surface area contributed by atoms with E-state index in [0.29, 0.717) is 5.41 Å². The first-order chi connectivity index (χ1) is 9.12. The summed E-state index contributed by atoms with van der Waals surface area (Å²) in [5.41, 5.74) is 2.00. The Kier molecular flexibility index (Phi) is 5.04. The van der Waals surface area contributed by atoms with E-state index < -0.39 is 0 Å². The van der Waals surface area contributed by atoms with Crippen molar-refractivity contribution in [1.82, 2.24) is 0 Å². The Hall–Kier alpha value is -0.820. The fourth-order valence-electron chi connectivity index (χ4n) is 3.34. The van der Waals surface area contributed by atoms with Gasteiger partial charge in [-0.05, 0) is 37.0 Å². The van der Waals surface area contributed by atoms with E-state index in [0.717, 1.165) is 18.5 Å². The van der Waals surface area contributed by atoms with Crippen molar-refractivity contribution >= 4 is 0 Å². The lowest BCUT2D eigenvalue weighted by Crippen LogP contribution is -2.88. The van der Waals surface area contributed by atoms with Gasteiger partial charge in [-0.25, -0.2) is 0 Å². The molecule has 1 heteroatoms. The van der Waals surface area contributed by atoms with Crippen molar-refractivity contribution in [2.45, 2.75) is 65.5 Å². The highest BCUT2D eigenvalue weighted by Gasteiger charge is 2.32. The van der Waals surface area contributed by atoms with E-state index >= 15 is 0 Å². The predicted octanol–water partition coefficient (Wildman–Crippen LogP) is 3.75. The van der Waals surface area contributed by atoms with E-state index in [2.05, 4.69) is 56.4 Å². The summed E-state index contributed by atoms with van der Waals surface area (Å²) in [7, 11) is 0. The SMILES string of the molecule is CCC(C)(C)C1CCC([NH2+]Cc2ccccc2)CC1. The Morgan fingerprint density at radius 1 is 1.05 bits per heavy atom. The van der Waals surface area contributed by atoms with Gasteiger partial charge in [-0.15, -0.1) is 0 Å². The predicted molar refractivity (Wildman–Crippen MR) is 81.9 cm³/mol. The van der Waals surface area contributed by atoms with Crippen LogP contribution < -0.4 is 5.32 Å². The summed E-state index contributed by atoms with van der Waals surface area (Å²) in [5.74, 6) is 0.943. The molecule has 0 saturated heterocycles. The van der Waals surface area contributed by atoms with Crippen molar-refractivity contribution in [2.75, 3.05) is 0 Å². The van der Waals surface area contributed by atoms with Crippen molar-refractivity contribution in [1.29, 1.82) is 0 Å². The highest BCUT2D eigenvalue weighted by atomic mass is 14.9. The summed E-state index contributed by atoms with van der Waals surface area (Å²) in [6.45, 7) is 8.39. The lowest BCUT2D eigenvalue weighted by atomic mass is 9.69. The average molecular weight is 260 g/mol. The maximum atomic E-state index is 2.56. The average Bonchev–Trinajstić information content (AvgIpc) is 2.47. The Morgan fingerprint density at radius 2 is 1.68 bits per heavy atom. The molecule has 0 spiro atoms. The van der Waals surface area contributed by atoms with Gasteiger partial charge in [0, 0.05) is 5.56 Å². The molecule has 1 saturated carbocycles. The fraction of sp³-hybridized carbons (Fsp3) is 0.667. The Morgan fingerprint density at radius 3 is 2.26 bits per heavy atom. The van der Waals surface area contributed by atoms with Gasteiger partial charge in [0.25, 0.3) is 0 Å². The Labute approximate surface area is 118 Å². The standard InChI is InChI=1S/C18H29N/c1-4-18(2,3)16-10-12-17(13-11-16)19-14-15-8-6-5-7-9-15/h5-9,16-17,19H,4,10-14H2,1-3H3/p+1. The second-order valence-corrected chi connectivity index (χ2v) is 6.88. The molecular weight excluding hydrogens is 230 g/mol. The van der Waals surface area contributed by atoms with Crippen LogP contribution in [0.3, 0.4) is 0 Å². The molecule has 1 aliphatic carbocycles. The molecule has 0 amide bonds. The molecule has 19 heavy (non-hydrogen) atoms. The minimum Gasteiger partial charge on any atom is -0.340 e. The van der Waals surface area contributed by atoms with Crippen LogP contribution >= 0.6 is 0 Å². The van der Waals surface area contributed by atoms with Gasteiger partial charge in [0.15, 0.2) is 0 Å². The maximum absolute atomic E-state index is 2.56. The maximum Gasteiger partial charge on any atom is 0.101 e. The summed E-state index contributed by atoms with van der Waals surface area (Å²) in [4.78, 5) is 0. The fourth-order valence-corrected chi connectivity index (χ4v) is 3.34. The van der Waals surface area contributed by atoms with Crippen LogP contribution in [0.2, 0.25) is 0 Å². The van der Waals surface area contributed by atoms with E-state index in [-0.39, 0.29) is 0 Å². The molecule has 106 valence electrons. The van der Waals surface area contributed by atoms with Crippen molar-refractivity contribution in [3.8, 4) is 0 Å². The van der Waals surface area contributed by atoms with E-state index in [9.17, 15) is 0 Å². The first kappa shape index (κ1) is 14.6. The number of hydrogen-bond donors (Lipinski definition) is 1. The minimum atomic E-state index is 0.546. The van der Waals surface area contributed by atoms with Gasteiger partial charge >= 0.3 is 0 Å². The first-order valence-electron chi connectivity index (χ1n) is 7.99. The van der Waals surface area contributed by atoms with Gasteiger partial charge in [0.2, 0.25) is 0 Å². The van der Waals surface area contributed by atoms with Crippen molar-refractivity contribution in [3.63, 3.8) is 0 Å². The molecule has 0 aromatic heterocycles. The quantitative estimate of drug-likeness (QED) is 0.830. The molecule has 0 heterocycles. The van der Waals surface area contributed by atoms with Gasteiger partial charge in [0.05, 0.1) is 6.04 Å². The molecule has 0 bridgehead atoms. The lowest BCUT2D eigenvalue weighted by molar-refractivity contribution is -0.707. The molecule has 1 aliphatic rings. The molecular formula is C18H30N+. The second-order valence-electron chi connectivity index (χ2n) is 6.88. The number of quaternary nitrogens is 1. The molecule has 1 nitrogen and oxygen atoms in total. The monoisotopic (exact) mass is 260 g/mol. The molecule has 2 N–H and O–H groups in total. The third kappa shape index (κ3) is 4.07. The molecule has 1 aromatic carbocycles. The van der Waals surface area contributed by atoms with Crippen molar-refractivity contribution in [3.05, 3.63) is 35.9 Å². The van der Waals surface area contributed by atoms with Crippen LogP contribution in [0, 0.1) is 11.3 Å². The van der Waals surface area contributed by atoms with Crippen LogP contribution in [0.1, 0.15) is 58.4 Å². The van der Waals surface area contributed by atoms with Gasteiger partial charge in [-0.3, -0.25) is 0 Å². The topological polar surface area (TPSA) is 16.6 Å². The van der Waals surface area contributed by atoms with Gasteiger partial charge in [-0.2, -0.15) is 0 Å². The highest BCUT2D eigenvalue weighted by Crippen LogP contribution is 2.39. The molecule has 2 rings (SSSR count). The number of hydrogen-bond acceptors (Lipinski definition) is 0. The molecule has 1 aromatic rings. The molecule has 0 atom stereocenters. The zero-order valence-corrected chi connectivity index (χ0v) is 12.9. The molecule has 0 unspecified atom stereocenters. The van der Waals surface area contributed by atoms with Gasteiger partial charge in [0.1, 0.15) is 6.54 Å². The van der Waals surface area contributed by atoms with Crippen molar-refractivity contribution in [2.24, 2.45) is 11.3 Å².